The molecule has 0 aliphatic carbocycles. The van der Waals surface area contributed by atoms with E-state index < -0.39 is 0 Å². The van der Waals surface area contributed by atoms with Gasteiger partial charge < -0.3 is 10.3 Å². The Bertz CT molecular complexity index is 534. The van der Waals surface area contributed by atoms with Crippen molar-refractivity contribution in [3.8, 4) is 0 Å². The molecule has 0 fully saturated rings. The monoisotopic (exact) mass is 245 g/mol. The van der Waals surface area contributed by atoms with E-state index in [4.69, 9.17) is 10.3 Å². The predicted octanol–water partition coefficient (Wildman–Crippen LogP) is 2.69. The Labute approximate surface area is 107 Å². The molecule has 0 radical (unpaired) electrons. The Morgan fingerprint density at radius 2 is 2.06 bits per heavy atom. The molecule has 1 aromatic carbocycles. The van der Waals surface area contributed by atoms with Crippen LogP contribution in [0.2, 0.25) is 0 Å². The lowest BCUT2D eigenvalue weighted by molar-refractivity contribution is 0.375. The molecule has 2 N–H and O–H groups in total. The van der Waals surface area contributed by atoms with E-state index in [1.165, 1.54) is 16.7 Å². The molecule has 0 aliphatic rings. The van der Waals surface area contributed by atoms with Gasteiger partial charge in [0.25, 0.3) is 0 Å². The molecule has 0 spiro atoms. The average Bonchev–Trinajstić information content (AvgIpc) is 2.81. The topological polar surface area (TPSA) is 64.9 Å². The van der Waals surface area contributed by atoms with Crippen molar-refractivity contribution < 1.29 is 4.52 Å². The van der Waals surface area contributed by atoms with Gasteiger partial charge in [0.1, 0.15) is 0 Å². The summed E-state index contributed by atoms with van der Waals surface area (Å²) in [4.78, 5) is 4.33. The largest absolute Gasteiger partial charge is 0.339 e. The average molecular weight is 245 g/mol. The first kappa shape index (κ1) is 12.8. The summed E-state index contributed by atoms with van der Waals surface area (Å²) < 4.78 is 5.22. The minimum atomic E-state index is -0.137. The number of nitrogens with two attached hydrogens (primary N) is 1. The van der Waals surface area contributed by atoms with Crippen LogP contribution >= 0.6 is 0 Å². The van der Waals surface area contributed by atoms with E-state index in [0.717, 1.165) is 6.42 Å². The van der Waals surface area contributed by atoms with Crippen LogP contribution in [0, 0.1) is 13.8 Å². The van der Waals surface area contributed by atoms with E-state index >= 15 is 0 Å². The molecule has 0 amide bonds. The second kappa shape index (κ2) is 5.31. The van der Waals surface area contributed by atoms with Crippen LogP contribution in [0.25, 0.3) is 0 Å². The Balaban J connectivity index is 2.13. The lowest BCUT2D eigenvalue weighted by Crippen LogP contribution is -2.10. The summed E-state index contributed by atoms with van der Waals surface area (Å²) in [7, 11) is 0. The summed E-state index contributed by atoms with van der Waals surface area (Å²) in [6.07, 6.45) is 1.47. The van der Waals surface area contributed by atoms with Crippen LogP contribution in [0.15, 0.2) is 22.7 Å². The molecule has 4 nitrogen and oxygen atoms in total. The molecule has 1 aromatic heterocycles. The fourth-order valence-electron chi connectivity index (χ4n) is 1.76. The van der Waals surface area contributed by atoms with E-state index in [0.29, 0.717) is 18.1 Å². The predicted molar refractivity (Wildman–Crippen MR) is 70.2 cm³/mol. The van der Waals surface area contributed by atoms with E-state index in [-0.39, 0.29) is 6.04 Å². The van der Waals surface area contributed by atoms with Crippen molar-refractivity contribution in [2.75, 3.05) is 0 Å². The molecule has 2 rings (SSSR count). The van der Waals surface area contributed by atoms with E-state index in [9.17, 15) is 0 Å². The van der Waals surface area contributed by atoms with Gasteiger partial charge in [-0.25, -0.2) is 0 Å². The quantitative estimate of drug-likeness (QED) is 0.899. The zero-order valence-electron chi connectivity index (χ0n) is 11.1. The second-order valence-corrected chi connectivity index (χ2v) is 4.66. The number of aryl methyl sites for hydroxylation is 2. The van der Waals surface area contributed by atoms with Crippen LogP contribution in [0.1, 0.15) is 47.8 Å². The highest BCUT2D eigenvalue weighted by molar-refractivity contribution is 5.31. The van der Waals surface area contributed by atoms with Gasteiger partial charge in [0.05, 0.1) is 12.5 Å². The van der Waals surface area contributed by atoms with E-state index in [2.05, 4.69) is 42.2 Å². The first-order valence-electron chi connectivity index (χ1n) is 6.24. The molecular weight excluding hydrogens is 226 g/mol. The van der Waals surface area contributed by atoms with Gasteiger partial charge in [-0.2, -0.15) is 4.98 Å². The number of aromatic nitrogens is 2. The van der Waals surface area contributed by atoms with E-state index in [1.54, 1.807) is 0 Å². The van der Waals surface area contributed by atoms with Gasteiger partial charge >= 0.3 is 0 Å². The zero-order valence-corrected chi connectivity index (χ0v) is 11.1. The molecular formula is C14H19N3O. The number of nitrogens with zero attached hydrogens (tertiary/aromatic N) is 2. The Morgan fingerprint density at radius 3 is 2.72 bits per heavy atom. The lowest BCUT2D eigenvalue weighted by Gasteiger charge is -2.02. The molecule has 2 aromatic rings. The highest BCUT2D eigenvalue weighted by Gasteiger charge is 2.12. The van der Waals surface area contributed by atoms with Crippen LogP contribution in [0.3, 0.4) is 0 Å². The molecule has 4 heteroatoms. The number of hydrogen-bond donors (Lipinski definition) is 1. The fourth-order valence-corrected chi connectivity index (χ4v) is 1.76. The normalized spacial score (nSPS) is 12.7. The van der Waals surface area contributed by atoms with Crippen molar-refractivity contribution in [2.24, 2.45) is 5.73 Å². The van der Waals surface area contributed by atoms with Gasteiger partial charge in [0, 0.05) is 0 Å². The van der Waals surface area contributed by atoms with Crippen molar-refractivity contribution in [1.29, 1.82) is 0 Å². The van der Waals surface area contributed by atoms with Gasteiger partial charge in [0.15, 0.2) is 5.82 Å². The Hall–Kier alpha value is -1.68. The van der Waals surface area contributed by atoms with Crippen LogP contribution in [0.4, 0.5) is 0 Å². The van der Waals surface area contributed by atoms with Gasteiger partial charge in [-0.1, -0.05) is 30.3 Å². The highest BCUT2D eigenvalue weighted by Crippen LogP contribution is 2.15. The summed E-state index contributed by atoms with van der Waals surface area (Å²) >= 11 is 0. The first-order chi connectivity index (χ1) is 8.60. The minimum absolute atomic E-state index is 0.137. The molecule has 96 valence electrons. The molecule has 1 atom stereocenters. The van der Waals surface area contributed by atoms with Gasteiger partial charge in [-0.15, -0.1) is 0 Å². The molecule has 1 unspecified atom stereocenters. The molecule has 0 saturated carbocycles. The molecule has 0 bridgehead atoms. The lowest BCUT2D eigenvalue weighted by atomic mass is 10.0. The van der Waals surface area contributed by atoms with Gasteiger partial charge in [-0.05, 0) is 37.0 Å². The Morgan fingerprint density at radius 1 is 1.28 bits per heavy atom. The summed E-state index contributed by atoms with van der Waals surface area (Å²) in [5.74, 6) is 1.22. The third kappa shape index (κ3) is 2.76. The van der Waals surface area contributed by atoms with Crippen LogP contribution in [0.5, 0.6) is 0 Å². The number of hydrogen-bond acceptors (Lipinski definition) is 4. The van der Waals surface area contributed by atoms with Crippen molar-refractivity contribution in [3.63, 3.8) is 0 Å². The smallest absolute Gasteiger partial charge is 0.231 e. The number of rotatable bonds is 4. The SMILES string of the molecule is CCC(N)c1noc(Cc2ccc(C)c(C)c2)n1. The van der Waals surface area contributed by atoms with Crippen LogP contribution < -0.4 is 5.73 Å². The molecule has 0 aliphatic heterocycles. The maximum Gasteiger partial charge on any atom is 0.231 e. The summed E-state index contributed by atoms with van der Waals surface area (Å²) in [5, 5.41) is 3.91. The minimum Gasteiger partial charge on any atom is -0.339 e. The van der Waals surface area contributed by atoms with Crippen molar-refractivity contribution >= 4 is 0 Å². The number of benzene rings is 1. The molecule has 18 heavy (non-hydrogen) atoms. The Kier molecular flexibility index (Phi) is 3.77. The summed E-state index contributed by atoms with van der Waals surface area (Å²) in [6.45, 7) is 6.21. The van der Waals surface area contributed by atoms with Crippen LogP contribution in [-0.2, 0) is 6.42 Å². The zero-order chi connectivity index (χ0) is 13.1. The maximum atomic E-state index is 5.86. The molecule has 0 saturated heterocycles. The molecule has 1 heterocycles. The second-order valence-electron chi connectivity index (χ2n) is 4.66. The van der Waals surface area contributed by atoms with Crippen molar-refractivity contribution in [2.45, 2.75) is 39.7 Å². The van der Waals surface area contributed by atoms with Crippen molar-refractivity contribution in [1.82, 2.24) is 10.1 Å². The standard InChI is InChI=1S/C14H19N3O/c1-4-12(15)14-16-13(18-17-14)8-11-6-5-9(2)10(3)7-11/h5-7,12H,4,8,15H2,1-3H3. The van der Waals surface area contributed by atoms with E-state index in [1.807, 2.05) is 6.92 Å². The third-order valence-corrected chi connectivity index (χ3v) is 3.18. The summed E-state index contributed by atoms with van der Waals surface area (Å²) in [6, 6.07) is 6.22. The van der Waals surface area contributed by atoms with Gasteiger partial charge in [0.2, 0.25) is 5.89 Å². The van der Waals surface area contributed by atoms with Crippen molar-refractivity contribution in [3.05, 3.63) is 46.6 Å². The summed E-state index contributed by atoms with van der Waals surface area (Å²) in [5.41, 5.74) is 9.60. The highest BCUT2D eigenvalue weighted by atomic mass is 16.5. The third-order valence-electron chi connectivity index (χ3n) is 3.18. The maximum absolute atomic E-state index is 5.86. The fraction of sp³-hybridized carbons (Fsp3) is 0.429. The first-order valence-corrected chi connectivity index (χ1v) is 6.24. The van der Waals surface area contributed by atoms with Gasteiger partial charge in [-0.3, -0.25) is 0 Å². The van der Waals surface area contributed by atoms with Crippen LogP contribution in [-0.4, -0.2) is 10.1 Å².